The van der Waals surface area contributed by atoms with Crippen molar-refractivity contribution >= 4 is 27.5 Å². The number of hydrogen-bond acceptors (Lipinski definition) is 6. The van der Waals surface area contributed by atoms with Crippen LogP contribution < -0.4 is 14.8 Å². The zero-order chi connectivity index (χ0) is 19.2. The van der Waals surface area contributed by atoms with Crippen LogP contribution in [0.3, 0.4) is 0 Å². The maximum absolute atomic E-state index is 12.1. The van der Waals surface area contributed by atoms with Crippen LogP contribution in [0.25, 0.3) is 10.2 Å². The standard InChI is InChI=1S/C21H17N3O3S/c25-19(23-13-21-24-17-8-1-2-9-18(17)28-21)14-26-15-6-5-7-16(12-15)27-20-10-3-4-11-22-20/h1-12H,13-14H2,(H,23,25). The molecule has 28 heavy (non-hydrogen) atoms. The molecule has 0 aliphatic heterocycles. The highest BCUT2D eigenvalue weighted by molar-refractivity contribution is 7.18. The fraction of sp³-hybridized carbons (Fsp3) is 0.0952. The Balaban J connectivity index is 1.29. The number of rotatable bonds is 7. The van der Waals surface area contributed by atoms with Gasteiger partial charge < -0.3 is 14.8 Å². The average molecular weight is 391 g/mol. The van der Waals surface area contributed by atoms with Gasteiger partial charge in [-0.05, 0) is 30.3 Å². The predicted molar refractivity (Wildman–Crippen MR) is 108 cm³/mol. The summed E-state index contributed by atoms with van der Waals surface area (Å²) < 4.78 is 12.3. The van der Waals surface area contributed by atoms with E-state index < -0.39 is 0 Å². The predicted octanol–water partition coefficient (Wildman–Crippen LogP) is 4.18. The van der Waals surface area contributed by atoms with Crippen LogP contribution in [0.5, 0.6) is 17.4 Å². The largest absolute Gasteiger partial charge is 0.484 e. The van der Waals surface area contributed by atoms with Crippen LogP contribution >= 0.6 is 11.3 Å². The minimum Gasteiger partial charge on any atom is -0.484 e. The molecule has 2 aromatic carbocycles. The molecular formula is C21H17N3O3S. The third-order valence-electron chi connectivity index (χ3n) is 3.81. The fourth-order valence-corrected chi connectivity index (χ4v) is 3.43. The van der Waals surface area contributed by atoms with E-state index >= 15 is 0 Å². The lowest BCUT2D eigenvalue weighted by Crippen LogP contribution is -2.28. The number of ether oxygens (including phenoxy) is 2. The van der Waals surface area contributed by atoms with Crippen LogP contribution in [-0.2, 0) is 11.3 Å². The van der Waals surface area contributed by atoms with Crippen molar-refractivity contribution in [2.45, 2.75) is 6.54 Å². The Bertz CT molecular complexity index is 1050. The second-order valence-corrected chi connectivity index (χ2v) is 7.00. The van der Waals surface area contributed by atoms with Crippen molar-refractivity contribution in [3.63, 3.8) is 0 Å². The van der Waals surface area contributed by atoms with Crippen molar-refractivity contribution in [3.05, 3.63) is 77.9 Å². The minimum absolute atomic E-state index is 0.0854. The molecule has 0 aliphatic carbocycles. The van der Waals surface area contributed by atoms with Crippen LogP contribution in [0.15, 0.2) is 72.9 Å². The molecule has 0 atom stereocenters. The van der Waals surface area contributed by atoms with Gasteiger partial charge in [0, 0.05) is 18.3 Å². The average Bonchev–Trinajstić information content (AvgIpc) is 3.15. The Hall–Kier alpha value is -3.45. The molecule has 4 rings (SSSR count). The number of para-hydroxylation sites is 1. The number of pyridine rings is 1. The number of carbonyl (C=O) groups excluding carboxylic acids is 1. The van der Waals surface area contributed by atoms with Gasteiger partial charge in [-0.15, -0.1) is 11.3 Å². The molecule has 4 aromatic rings. The minimum atomic E-state index is -0.213. The summed E-state index contributed by atoms with van der Waals surface area (Å²) in [6, 6.07) is 20.4. The van der Waals surface area contributed by atoms with Crippen molar-refractivity contribution in [1.82, 2.24) is 15.3 Å². The van der Waals surface area contributed by atoms with E-state index in [9.17, 15) is 4.79 Å². The molecular weight excluding hydrogens is 374 g/mol. The molecule has 0 spiro atoms. The zero-order valence-corrected chi connectivity index (χ0v) is 15.7. The summed E-state index contributed by atoms with van der Waals surface area (Å²) in [6.45, 7) is 0.294. The van der Waals surface area contributed by atoms with Crippen molar-refractivity contribution in [2.24, 2.45) is 0 Å². The van der Waals surface area contributed by atoms with Gasteiger partial charge in [0.2, 0.25) is 5.88 Å². The van der Waals surface area contributed by atoms with E-state index in [1.807, 2.05) is 36.4 Å². The second-order valence-electron chi connectivity index (χ2n) is 5.89. The first-order valence-corrected chi connectivity index (χ1v) is 9.51. The monoisotopic (exact) mass is 391 g/mol. The molecule has 0 saturated heterocycles. The van der Waals surface area contributed by atoms with Gasteiger partial charge in [0.1, 0.15) is 16.5 Å². The van der Waals surface area contributed by atoms with Gasteiger partial charge in [-0.25, -0.2) is 9.97 Å². The Labute approximate surface area is 165 Å². The van der Waals surface area contributed by atoms with Gasteiger partial charge in [-0.3, -0.25) is 4.79 Å². The smallest absolute Gasteiger partial charge is 0.258 e. The van der Waals surface area contributed by atoms with E-state index in [2.05, 4.69) is 15.3 Å². The summed E-state index contributed by atoms with van der Waals surface area (Å²) in [4.78, 5) is 20.7. The molecule has 0 aliphatic rings. The first-order valence-electron chi connectivity index (χ1n) is 8.69. The van der Waals surface area contributed by atoms with Gasteiger partial charge in [-0.2, -0.15) is 0 Å². The second kappa shape index (κ2) is 8.49. The fourth-order valence-electron chi connectivity index (χ4n) is 2.53. The molecule has 0 fully saturated rings. The SMILES string of the molecule is O=C(COc1cccc(Oc2ccccn2)c1)NCc1nc2ccccc2s1. The number of carbonyl (C=O) groups is 1. The summed E-state index contributed by atoms with van der Waals surface area (Å²) in [5.74, 6) is 1.41. The van der Waals surface area contributed by atoms with Crippen LogP contribution in [0.2, 0.25) is 0 Å². The number of thiazole rings is 1. The molecule has 6 nitrogen and oxygen atoms in total. The zero-order valence-electron chi connectivity index (χ0n) is 14.9. The third-order valence-corrected chi connectivity index (χ3v) is 4.85. The van der Waals surface area contributed by atoms with Gasteiger partial charge in [0.15, 0.2) is 6.61 Å². The summed E-state index contributed by atoms with van der Waals surface area (Å²) >= 11 is 1.57. The van der Waals surface area contributed by atoms with Gasteiger partial charge in [0.05, 0.1) is 16.8 Å². The molecule has 0 unspecified atom stereocenters. The molecule has 2 heterocycles. The molecule has 0 radical (unpaired) electrons. The Morgan fingerprint density at radius 3 is 2.71 bits per heavy atom. The summed E-state index contributed by atoms with van der Waals surface area (Å²) in [5.41, 5.74) is 0.942. The molecule has 1 N–H and O–H groups in total. The van der Waals surface area contributed by atoms with Crippen LogP contribution in [0.4, 0.5) is 0 Å². The van der Waals surface area contributed by atoms with Crippen LogP contribution in [-0.4, -0.2) is 22.5 Å². The summed E-state index contributed by atoms with van der Waals surface area (Å²) in [5, 5.41) is 3.69. The Kier molecular flexibility index (Phi) is 5.44. The highest BCUT2D eigenvalue weighted by Gasteiger charge is 2.07. The number of aromatic nitrogens is 2. The Morgan fingerprint density at radius 2 is 1.86 bits per heavy atom. The number of nitrogens with zero attached hydrogens (tertiary/aromatic N) is 2. The number of hydrogen-bond donors (Lipinski definition) is 1. The topological polar surface area (TPSA) is 73.3 Å². The highest BCUT2D eigenvalue weighted by Crippen LogP contribution is 2.24. The van der Waals surface area contributed by atoms with E-state index in [-0.39, 0.29) is 12.5 Å². The number of nitrogens with one attached hydrogen (secondary N) is 1. The normalized spacial score (nSPS) is 10.6. The number of fused-ring (bicyclic) bond motifs is 1. The first-order chi connectivity index (χ1) is 13.8. The van der Waals surface area contributed by atoms with Crippen molar-refractivity contribution < 1.29 is 14.3 Å². The molecule has 140 valence electrons. The van der Waals surface area contributed by atoms with Crippen molar-refractivity contribution in [1.29, 1.82) is 0 Å². The highest BCUT2D eigenvalue weighted by atomic mass is 32.1. The lowest BCUT2D eigenvalue weighted by Gasteiger charge is -2.09. The summed E-state index contributed by atoms with van der Waals surface area (Å²) in [6.07, 6.45) is 1.66. The summed E-state index contributed by atoms with van der Waals surface area (Å²) in [7, 11) is 0. The molecule has 0 saturated carbocycles. The lowest BCUT2D eigenvalue weighted by molar-refractivity contribution is -0.123. The van der Waals surface area contributed by atoms with Gasteiger partial charge in [0.25, 0.3) is 5.91 Å². The van der Waals surface area contributed by atoms with Gasteiger partial charge in [-0.1, -0.05) is 24.3 Å². The maximum atomic E-state index is 12.1. The third kappa shape index (κ3) is 4.63. The molecule has 0 bridgehead atoms. The number of benzene rings is 2. The van der Waals surface area contributed by atoms with E-state index in [1.165, 1.54) is 0 Å². The lowest BCUT2D eigenvalue weighted by atomic mass is 10.3. The van der Waals surface area contributed by atoms with E-state index in [0.717, 1.165) is 15.2 Å². The van der Waals surface area contributed by atoms with Crippen LogP contribution in [0.1, 0.15) is 5.01 Å². The van der Waals surface area contributed by atoms with Crippen LogP contribution in [0, 0.1) is 0 Å². The number of amides is 1. The molecule has 1 amide bonds. The van der Waals surface area contributed by atoms with Crippen molar-refractivity contribution in [2.75, 3.05) is 6.61 Å². The van der Waals surface area contributed by atoms with E-state index in [1.54, 1.807) is 47.9 Å². The maximum Gasteiger partial charge on any atom is 0.258 e. The Morgan fingerprint density at radius 1 is 1.00 bits per heavy atom. The van der Waals surface area contributed by atoms with E-state index in [0.29, 0.717) is 23.9 Å². The molecule has 2 aromatic heterocycles. The quantitative estimate of drug-likeness (QED) is 0.512. The van der Waals surface area contributed by atoms with Crippen molar-refractivity contribution in [3.8, 4) is 17.4 Å². The van der Waals surface area contributed by atoms with E-state index in [4.69, 9.17) is 9.47 Å². The first kappa shape index (κ1) is 17.9. The van der Waals surface area contributed by atoms with Gasteiger partial charge >= 0.3 is 0 Å². The molecule has 7 heteroatoms.